The lowest BCUT2D eigenvalue weighted by molar-refractivity contribution is 0.0663. The molecule has 1 fully saturated rings. The van der Waals surface area contributed by atoms with Crippen LogP contribution in [0, 0.1) is 12.8 Å². The Balaban J connectivity index is 1.54. The molecule has 0 bridgehead atoms. The number of imidazole rings is 1. The van der Waals surface area contributed by atoms with E-state index in [-0.39, 0.29) is 5.91 Å². The maximum atomic E-state index is 13.3. The van der Waals surface area contributed by atoms with E-state index < -0.39 is 0 Å². The van der Waals surface area contributed by atoms with Crippen molar-refractivity contribution in [1.29, 1.82) is 0 Å². The Bertz CT molecular complexity index is 870. The van der Waals surface area contributed by atoms with Crippen LogP contribution in [0.15, 0.2) is 54.4 Å². The fourth-order valence-electron chi connectivity index (χ4n) is 3.84. The summed E-state index contributed by atoms with van der Waals surface area (Å²) in [5, 5.41) is 2.03. The van der Waals surface area contributed by atoms with E-state index in [0.29, 0.717) is 5.92 Å². The van der Waals surface area contributed by atoms with E-state index in [0.717, 1.165) is 49.2 Å². The molecule has 0 saturated carbocycles. The molecule has 26 heavy (non-hydrogen) atoms. The Hall–Kier alpha value is -2.40. The van der Waals surface area contributed by atoms with E-state index in [4.69, 9.17) is 0 Å². The highest BCUT2D eigenvalue weighted by atomic mass is 32.1. The summed E-state index contributed by atoms with van der Waals surface area (Å²) in [5.41, 5.74) is 3.07. The molecular formula is C21H23N3OS. The van der Waals surface area contributed by atoms with Crippen molar-refractivity contribution in [3.63, 3.8) is 0 Å². The summed E-state index contributed by atoms with van der Waals surface area (Å²) in [6.45, 7) is 4.70. The number of nitrogens with zero attached hydrogens (tertiary/aromatic N) is 3. The first-order valence-corrected chi connectivity index (χ1v) is 9.99. The first-order chi connectivity index (χ1) is 12.7. The van der Waals surface area contributed by atoms with E-state index in [1.54, 1.807) is 11.3 Å². The first kappa shape index (κ1) is 17.0. The zero-order valence-corrected chi connectivity index (χ0v) is 15.8. The molecule has 1 aliphatic rings. The van der Waals surface area contributed by atoms with Gasteiger partial charge in [0.05, 0.1) is 11.9 Å². The van der Waals surface area contributed by atoms with Crippen LogP contribution in [-0.2, 0) is 6.54 Å². The second-order valence-electron chi connectivity index (χ2n) is 6.97. The molecule has 1 aliphatic heterocycles. The summed E-state index contributed by atoms with van der Waals surface area (Å²) in [7, 11) is 0. The average molecular weight is 366 g/mol. The molecule has 1 unspecified atom stereocenters. The van der Waals surface area contributed by atoms with Crippen molar-refractivity contribution in [2.24, 2.45) is 5.92 Å². The van der Waals surface area contributed by atoms with Crippen LogP contribution < -0.4 is 0 Å². The number of carbonyl (C=O) groups is 1. The van der Waals surface area contributed by atoms with Gasteiger partial charge in [-0.2, -0.15) is 0 Å². The molecule has 1 aromatic carbocycles. The Morgan fingerprint density at radius 2 is 2.15 bits per heavy atom. The zero-order valence-electron chi connectivity index (χ0n) is 15.0. The Labute approximate surface area is 158 Å². The molecule has 3 aromatic rings. The number of likely N-dealkylation sites (tertiary alicyclic amines) is 1. The number of benzene rings is 1. The number of hydrogen-bond donors (Lipinski definition) is 0. The Kier molecular flexibility index (Phi) is 4.89. The number of thiophene rings is 1. The lowest BCUT2D eigenvalue weighted by Crippen LogP contribution is -2.41. The monoisotopic (exact) mass is 365 g/mol. The van der Waals surface area contributed by atoms with Gasteiger partial charge in [0.15, 0.2) is 0 Å². The molecule has 134 valence electrons. The smallest absolute Gasteiger partial charge is 0.255 e. The third-order valence-electron chi connectivity index (χ3n) is 5.10. The van der Waals surface area contributed by atoms with Gasteiger partial charge in [-0.1, -0.05) is 30.3 Å². The van der Waals surface area contributed by atoms with Crippen molar-refractivity contribution in [2.75, 3.05) is 13.1 Å². The van der Waals surface area contributed by atoms with Crippen LogP contribution in [0.1, 0.15) is 28.1 Å². The predicted octanol–water partition coefficient (Wildman–Crippen LogP) is 4.47. The SMILES string of the molecule is Cc1scc(C(=O)N2CCCC(Cn3ccnc3)C2)c1-c1ccccc1. The van der Waals surface area contributed by atoms with Gasteiger partial charge in [0.1, 0.15) is 0 Å². The highest BCUT2D eigenvalue weighted by Crippen LogP contribution is 2.34. The summed E-state index contributed by atoms with van der Waals surface area (Å²) < 4.78 is 2.11. The van der Waals surface area contributed by atoms with Crippen LogP contribution in [0.2, 0.25) is 0 Å². The van der Waals surface area contributed by atoms with Crippen LogP contribution in [0.4, 0.5) is 0 Å². The van der Waals surface area contributed by atoms with Gasteiger partial charge in [-0.05, 0) is 31.2 Å². The second kappa shape index (κ2) is 7.46. The highest BCUT2D eigenvalue weighted by Gasteiger charge is 2.27. The third-order valence-corrected chi connectivity index (χ3v) is 6.01. The van der Waals surface area contributed by atoms with Gasteiger partial charge < -0.3 is 9.47 Å². The Morgan fingerprint density at radius 3 is 2.92 bits per heavy atom. The molecule has 0 N–H and O–H groups in total. The van der Waals surface area contributed by atoms with Crippen LogP contribution in [-0.4, -0.2) is 33.4 Å². The molecule has 1 atom stereocenters. The molecule has 4 nitrogen and oxygen atoms in total. The number of carbonyl (C=O) groups excluding carboxylic acids is 1. The molecule has 1 amide bonds. The predicted molar refractivity (Wildman–Crippen MR) is 105 cm³/mol. The van der Waals surface area contributed by atoms with Gasteiger partial charge in [-0.25, -0.2) is 4.98 Å². The normalized spacial score (nSPS) is 17.4. The van der Waals surface area contributed by atoms with Crippen LogP contribution >= 0.6 is 11.3 Å². The molecule has 5 heteroatoms. The van der Waals surface area contributed by atoms with Gasteiger partial charge in [-0.15, -0.1) is 11.3 Å². The minimum Gasteiger partial charge on any atom is -0.338 e. The summed E-state index contributed by atoms with van der Waals surface area (Å²) >= 11 is 1.66. The molecule has 0 radical (unpaired) electrons. The minimum atomic E-state index is 0.170. The fraction of sp³-hybridized carbons (Fsp3) is 0.333. The van der Waals surface area contributed by atoms with Crippen molar-refractivity contribution in [3.05, 3.63) is 64.9 Å². The topological polar surface area (TPSA) is 38.1 Å². The van der Waals surface area contributed by atoms with E-state index in [2.05, 4.69) is 28.6 Å². The number of amides is 1. The summed E-state index contributed by atoms with van der Waals surface area (Å²) in [6.07, 6.45) is 7.89. The van der Waals surface area contributed by atoms with E-state index in [1.807, 2.05) is 47.2 Å². The summed E-state index contributed by atoms with van der Waals surface area (Å²) in [6, 6.07) is 10.2. The standard InChI is InChI=1S/C21H23N3OS/c1-16-20(18-7-3-2-4-8-18)19(14-26-16)21(25)24-10-5-6-17(13-24)12-23-11-9-22-15-23/h2-4,7-9,11,14-15,17H,5-6,10,12-13H2,1H3. The number of aromatic nitrogens is 2. The van der Waals surface area contributed by atoms with Gasteiger partial charge in [0, 0.05) is 47.8 Å². The maximum Gasteiger partial charge on any atom is 0.255 e. The van der Waals surface area contributed by atoms with Crippen LogP contribution in [0.3, 0.4) is 0 Å². The number of aryl methyl sites for hydroxylation is 1. The van der Waals surface area contributed by atoms with Crippen molar-refractivity contribution in [3.8, 4) is 11.1 Å². The largest absolute Gasteiger partial charge is 0.338 e. The second-order valence-corrected chi connectivity index (χ2v) is 8.05. The average Bonchev–Trinajstić information content (AvgIpc) is 3.31. The number of hydrogen-bond acceptors (Lipinski definition) is 3. The molecular weight excluding hydrogens is 342 g/mol. The maximum absolute atomic E-state index is 13.3. The van der Waals surface area contributed by atoms with Gasteiger partial charge in [-0.3, -0.25) is 4.79 Å². The van der Waals surface area contributed by atoms with Crippen molar-refractivity contribution >= 4 is 17.2 Å². The van der Waals surface area contributed by atoms with Crippen molar-refractivity contribution < 1.29 is 4.79 Å². The molecule has 0 aliphatic carbocycles. The lowest BCUT2D eigenvalue weighted by atomic mass is 9.96. The summed E-state index contributed by atoms with van der Waals surface area (Å²) in [4.78, 5) is 20.6. The highest BCUT2D eigenvalue weighted by molar-refractivity contribution is 7.10. The van der Waals surface area contributed by atoms with Gasteiger partial charge >= 0.3 is 0 Å². The first-order valence-electron chi connectivity index (χ1n) is 9.11. The van der Waals surface area contributed by atoms with Crippen LogP contribution in [0.25, 0.3) is 11.1 Å². The third kappa shape index (κ3) is 3.44. The molecule has 1 saturated heterocycles. The molecule has 4 rings (SSSR count). The lowest BCUT2D eigenvalue weighted by Gasteiger charge is -2.33. The van der Waals surface area contributed by atoms with Crippen molar-refractivity contribution in [1.82, 2.24) is 14.5 Å². The van der Waals surface area contributed by atoms with Crippen LogP contribution in [0.5, 0.6) is 0 Å². The number of piperidine rings is 1. The quantitative estimate of drug-likeness (QED) is 0.684. The van der Waals surface area contributed by atoms with E-state index in [1.165, 1.54) is 4.88 Å². The molecule has 0 spiro atoms. The van der Waals surface area contributed by atoms with Gasteiger partial charge in [0.25, 0.3) is 5.91 Å². The Morgan fingerprint density at radius 1 is 1.31 bits per heavy atom. The molecule has 3 heterocycles. The van der Waals surface area contributed by atoms with E-state index in [9.17, 15) is 4.79 Å². The molecule has 2 aromatic heterocycles. The minimum absolute atomic E-state index is 0.170. The summed E-state index contributed by atoms with van der Waals surface area (Å²) in [5.74, 6) is 0.658. The zero-order chi connectivity index (χ0) is 17.9. The number of rotatable bonds is 4. The van der Waals surface area contributed by atoms with E-state index >= 15 is 0 Å². The van der Waals surface area contributed by atoms with Gasteiger partial charge in [0.2, 0.25) is 0 Å². The fourth-order valence-corrected chi connectivity index (χ4v) is 4.70. The van der Waals surface area contributed by atoms with Crippen molar-refractivity contribution in [2.45, 2.75) is 26.3 Å².